The van der Waals surface area contributed by atoms with Gasteiger partial charge in [0, 0.05) is 13.1 Å². The summed E-state index contributed by atoms with van der Waals surface area (Å²) < 4.78 is 30.8. The van der Waals surface area contributed by atoms with E-state index in [-0.39, 0.29) is 17.7 Å². The van der Waals surface area contributed by atoms with Gasteiger partial charge in [-0.2, -0.15) is 0 Å². The molecular weight excluding hydrogens is 320 g/mol. The number of rotatable bonds is 5. The van der Waals surface area contributed by atoms with Crippen LogP contribution >= 0.6 is 0 Å². The Bertz CT molecular complexity index is 656. The Morgan fingerprint density at radius 1 is 1.48 bits per heavy atom. The molecule has 0 aliphatic carbocycles. The molecular formula is C14H24N4O4S. The van der Waals surface area contributed by atoms with E-state index >= 15 is 0 Å². The van der Waals surface area contributed by atoms with Crippen molar-refractivity contribution in [1.82, 2.24) is 14.8 Å². The molecule has 1 unspecified atom stereocenters. The summed E-state index contributed by atoms with van der Waals surface area (Å²) in [6, 6.07) is -0.238. The summed E-state index contributed by atoms with van der Waals surface area (Å²) in [5, 5.41) is 6.75. The molecule has 8 nitrogen and oxygen atoms in total. The van der Waals surface area contributed by atoms with Crippen LogP contribution in [-0.4, -0.2) is 50.4 Å². The van der Waals surface area contributed by atoms with Crippen molar-refractivity contribution < 1.29 is 17.7 Å². The molecule has 1 atom stereocenters. The number of hydrogen-bond donors (Lipinski definition) is 2. The number of amides is 2. The maximum absolute atomic E-state index is 12.4. The maximum Gasteiger partial charge on any atom is 0.322 e. The molecule has 0 spiro atoms. The number of likely N-dealkylation sites (tertiary alicyclic amines) is 1. The van der Waals surface area contributed by atoms with E-state index in [1.807, 2.05) is 6.92 Å². The molecule has 2 rings (SSSR count). The lowest BCUT2D eigenvalue weighted by atomic mass is 10.0. The van der Waals surface area contributed by atoms with E-state index in [0.717, 1.165) is 12.8 Å². The molecule has 1 aliphatic heterocycles. The molecule has 1 aromatic rings. The van der Waals surface area contributed by atoms with Gasteiger partial charge in [-0.3, -0.25) is 0 Å². The van der Waals surface area contributed by atoms with Crippen molar-refractivity contribution in [2.24, 2.45) is 5.92 Å². The van der Waals surface area contributed by atoms with Crippen molar-refractivity contribution in [3.63, 3.8) is 0 Å². The summed E-state index contributed by atoms with van der Waals surface area (Å²) in [6.07, 6.45) is 2.26. The van der Waals surface area contributed by atoms with Gasteiger partial charge in [0.1, 0.15) is 11.4 Å². The average molecular weight is 344 g/mol. The lowest BCUT2D eigenvalue weighted by Crippen LogP contribution is -2.44. The van der Waals surface area contributed by atoms with Crippen molar-refractivity contribution in [1.29, 1.82) is 0 Å². The molecule has 23 heavy (non-hydrogen) atoms. The Morgan fingerprint density at radius 2 is 2.22 bits per heavy atom. The fraction of sp³-hybridized carbons (Fsp3) is 0.714. The number of carbonyl (C=O) groups excluding carboxylic acids is 1. The number of sulfonamides is 1. The zero-order chi connectivity index (χ0) is 17.0. The monoisotopic (exact) mass is 344 g/mol. The molecule has 2 amide bonds. The highest BCUT2D eigenvalue weighted by Gasteiger charge is 2.28. The van der Waals surface area contributed by atoms with Gasteiger partial charge in [-0.1, -0.05) is 12.1 Å². The van der Waals surface area contributed by atoms with Crippen molar-refractivity contribution >= 4 is 21.7 Å². The first-order valence-corrected chi connectivity index (χ1v) is 9.43. The molecule has 0 bridgehead atoms. The van der Waals surface area contributed by atoms with E-state index in [1.54, 1.807) is 11.8 Å². The highest BCUT2D eigenvalue weighted by Crippen LogP contribution is 2.23. The van der Waals surface area contributed by atoms with E-state index in [4.69, 9.17) is 4.52 Å². The van der Waals surface area contributed by atoms with Crippen LogP contribution in [0, 0.1) is 12.8 Å². The quantitative estimate of drug-likeness (QED) is 0.839. The minimum Gasteiger partial charge on any atom is -0.359 e. The van der Waals surface area contributed by atoms with Crippen molar-refractivity contribution in [3.05, 3.63) is 11.5 Å². The predicted molar refractivity (Wildman–Crippen MR) is 86.8 cm³/mol. The van der Waals surface area contributed by atoms with Gasteiger partial charge in [0.05, 0.1) is 5.75 Å². The van der Waals surface area contributed by atoms with Crippen molar-refractivity contribution in [2.75, 3.05) is 31.2 Å². The Labute approximate surface area is 136 Å². The molecule has 2 heterocycles. The smallest absolute Gasteiger partial charge is 0.322 e. The zero-order valence-electron chi connectivity index (χ0n) is 13.8. The highest BCUT2D eigenvalue weighted by atomic mass is 32.2. The standard InChI is InChI=1S/C14H24N4O4S/c1-4-12-13(10(2)22-17-12)16-14(19)18-7-5-6-11(8-18)9-23(20,21)15-3/h11,15H,4-9H2,1-3H3,(H,16,19). The van der Waals surface area contributed by atoms with Crippen molar-refractivity contribution in [2.45, 2.75) is 33.1 Å². The van der Waals surface area contributed by atoms with Crippen molar-refractivity contribution in [3.8, 4) is 0 Å². The number of nitrogens with zero attached hydrogens (tertiary/aromatic N) is 2. The van der Waals surface area contributed by atoms with Gasteiger partial charge < -0.3 is 14.7 Å². The summed E-state index contributed by atoms with van der Waals surface area (Å²) >= 11 is 0. The van der Waals surface area contributed by atoms with Gasteiger partial charge in [0.25, 0.3) is 0 Å². The number of nitrogens with one attached hydrogen (secondary N) is 2. The summed E-state index contributed by atoms with van der Waals surface area (Å²) in [5.41, 5.74) is 1.32. The molecule has 1 aliphatic rings. The SMILES string of the molecule is CCc1noc(C)c1NC(=O)N1CCCC(CS(=O)(=O)NC)C1. The van der Waals surface area contributed by atoms with E-state index in [2.05, 4.69) is 15.2 Å². The fourth-order valence-electron chi connectivity index (χ4n) is 2.78. The average Bonchev–Trinajstić information content (AvgIpc) is 2.87. The third-order valence-corrected chi connectivity index (χ3v) is 5.60. The van der Waals surface area contributed by atoms with Crippen LogP contribution < -0.4 is 10.0 Å². The zero-order valence-corrected chi connectivity index (χ0v) is 14.6. The largest absolute Gasteiger partial charge is 0.359 e. The number of piperidine rings is 1. The van der Waals surface area contributed by atoms with Crippen LogP contribution in [0.25, 0.3) is 0 Å². The van der Waals surface area contributed by atoms with E-state index in [0.29, 0.717) is 36.7 Å². The lowest BCUT2D eigenvalue weighted by molar-refractivity contribution is 0.182. The summed E-state index contributed by atoms with van der Waals surface area (Å²) in [5.74, 6) is 0.558. The van der Waals surface area contributed by atoms with E-state index in [1.165, 1.54) is 7.05 Å². The predicted octanol–water partition coefficient (Wildman–Crippen LogP) is 1.34. The van der Waals surface area contributed by atoms with Crippen LogP contribution in [0.4, 0.5) is 10.5 Å². The van der Waals surface area contributed by atoms with Crippen LogP contribution in [0.3, 0.4) is 0 Å². The number of aromatic nitrogens is 1. The molecule has 0 saturated carbocycles. The highest BCUT2D eigenvalue weighted by molar-refractivity contribution is 7.89. The number of carbonyl (C=O) groups is 1. The third-order valence-electron chi connectivity index (χ3n) is 4.07. The number of aryl methyl sites for hydroxylation is 2. The van der Waals surface area contributed by atoms with Crippen LogP contribution in [0.2, 0.25) is 0 Å². The van der Waals surface area contributed by atoms with Gasteiger partial charge in [-0.25, -0.2) is 17.9 Å². The van der Waals surface area contributed by atoms with Gasteiger partial charge in [0.2, 0.25) is 10.0 Å². The second-order valence-electron chi connectivity index (χ2n) is 5.78. The summed E-state index contributed by atoms with van der Waals surface area (Å²) in [7, 11) is -1.86. The lowest BCUT2D eigenvalue weighted by Gasteiger charge is -2.32. The Kier molecular flexibility index (Phi) is 5.64. The summed E-state index contributed by atoms with van der Waals surface area (Å²) in [4.78, 5) is 14.1. The molecule has 9 heteroatoms. The maximum atomic E-state index is 12.4. The van der Waals surface area contributed by atoms with Crippen LogP contribution in [0.15, 0.2) is 4.52 Å². The van der Waals surface area contributed by atoms with Gasteiger partial charge in [-0.05, 0) is 39.2 Å². The molecule has 1 saturated heterocycles. The molecule has 0 aromatic carbocycles. The first-order valence-electron chi connectivity index (χ1n) is 7.78. The van der Waals surface area contributed by atoms with Gasteiger partial charge in [-0.15, -0.1) is 0 Å². The van der Waals surface area contributed by atoms with Gasteiger partial charge >= 0.3 is 6.03 Å². The van der Waals surface area contributed by atoms with Gasteiger partial charge in [0.15, 0.2) is 5.76 Å². The molecule has 1 aromatic heterocycles. The number of urea groups is 1. The Hall–Kier alpha value is -1.61. The normalized spacial score (nSPS) is 18.9. The first kappa shape index (κ1) is 17.7. The fourth-order valence-corrected chi connectivity index (χ4v) is 3.84. The van der Waals surface area contributed by atoms with Crippen LogP contribution in [0.1, 0.15) is 31.2 Å². The number of anilines is 1. The van der Waals surface area contributed by atoms with Crippen LogP contribution in [0.5, 0.6) is 0 Å². The molecule has 130 valence electrons. The molecule has 2 N–H and O–H groups in total. The minimum absolute atomic E-state index is 0.0415. The topological polar surface area (TPSA) is 105 Å². The molecule has 1 fully saturated rings. The Balaban J connectivity index is 2.00. The Morgan fingerprint density at radius 3 is 2.87 bits per heavy atom. The second-order valence-corrected chi connectivity index (χ2v) is 7.76. The minimum atomic E-state index is -3.27. The second kappa shape index (κ2) is 7.31. The molecule has 0 radical (unpaired) electrons. The third kappa shape index (κ3) is 4.44. The van der Waals surface area contributed by atoms with Crippen LogP contribution in [-0.2, 0) is 16.4 Å². The summed E-state index contributed by atoms with van der Waals surface area (Å²) in [6.45, 7) is 4.74. The van der Waals surface area contributed by atoms with E-state index < -0.39 is 10.0 Å². The van der Waals surface area contributed by atoms with E-state index in [9.17, 15) is 13.2 Å². The first-order chi connectivity index (χ1) is 10.9. The number of hydrogen-bond acceptors (Lipinski definition) is 5.